The molecule has 0 unspecified atom stereocenters. The number of carboxylic acid groups (broad SMARTS) is 1. The van der Waals surface area contributed by atoms with Crippen molar-refractivity contribution in [3.63, 3.8) is 0 Å². The smallest absolute Gasteiger partial charge is 0.307 e. The molecule has 1 N–H and O–H groups in total. The number of benzene rings is 1. The first-order valence-electron chi connectivity index (χ1n) is 7.94. The van der Waals surface area contributed by atoms with Crippen molar-refractivity contribution in [1.82, 2.24) is 0 Å². The minimum Gasteiger partial charge on any atom is -0.481 e. The summed E-state index contributed by atoms with van der Waals surface area (Å²) in [5, 5.41) is 8.97. The van der Waals surface area contributed by atoms with Gasteiger partial charge in [0.1, 0.15) is 0 Å². The van der Waals surface area contributed by atoms with Crippen molar-refractivity contribution in [2.45, 2.75) is 71.1 Å². The molecular weight excluding hydrogens is 248 g/mol. The number of aliphatic carboxylic acids is 1. The molecule has 2 heteroatoms. The Labute approximate surface area is 123 Å². The van der Waals surface area contributed by atoms with Crippen molar-refractivity contribution >= 4 is 5.97 Å². The molecule has 1 aromatic carbocycles. The second kappa shape index (κ2) is 9.57. The Balaban J connectivity index is 2.42. The predicted molar refractivity (Wildman–Crippen MR) is 84.2 cm³/mol. The van der Waals surface area contributed by atoms with E-state index in [1.54, 1.807) is 0 Å². The summed E-state index contributed by atoms with van der Waals surface area (Å²) in [6.45, 7) is 4.45. The summed E-state index contributed by atoms with van der Waals surface area (Å²) in [5.74, 6) is -0.291. The van der Waals surface area contributed by atoms with Gasteiger partial charge in [0, 0.05) is 0 Å². The van der Waals surface area contributed by atoms with Gasteiger partial charge in [-0.1, -0.05) is 76.6 Å². The third-order valence-corrected chi connectivity index (χ3v) is 3.92. The molecule has 0 saturated carbocycles. The van der Waals surface area contributed by atoms with Crippen LogP contribution in [-0.4, -0.2) is 11.1 Å². The maximum absolute atomic E-state index is 10.9. The van der Waals surface area contributed by atoms with Gasteiger partial charge < -0.3 is 5.11 Å². The van der Waals surface area contributed by atoms with Gasteiger partial charge in [0.2, 0.25) is 0 Å². The maximum atomic E-state index is 10.9. The largest absolute Gasteiger partial charge is 0.481 e. The Morgan fingerprint density at radius 1 is 1.10 bits per heavy atom. The van der Waals surface area contributed by atoms with Gasteiger partial charge in [0.25, 0.3) is 0 Å². The summed E-state index contributed by atoms with van der Waals surface area (Å²) in [6.07, 6.45) is 9.14. The van der Waals surface area contributed by atoms with E-state index in [-0.39, 0.29) is 6.42 Å². The molecule has 1 atom stereocenters. The van der Waals surface area contributed by atoms with Crippen molar-refractivity contribution in [2.75, 3.05) is 0 Å². The topological polar surface area (TPSA) is 37.3 Å². The molecule has 112 valence electrons. The molecule has 0 aromatic heterocycles. The average molecular weight is 276 g/mol. The first kappa shape index (κ1) is 16.7. The van der Waals surface area contributed by atoms with Crippen LogP contribution in [0.2, 0.25) is 0 Å². The highest BCUT2D eigenvalue weighted by Gasteiger charge is 2.12. The molecule has 1 rings (SSSR count). The molecule has 0 radical (unpaired) electrons. The van der Waals surface area contributed by atoms with E-state index in [1.165, 1.54) is 44.1 Å². The fraction of sp³-hybridized carbons (Fsp3) is 0.611. The quantitative estimate of drug-likeness (QED) is 0.599. The lowest BCUT2D eigenvalue weighted by Gasteiger charge is -2.15. The highest BCUT2D eigenvalue weighted by Crippen LogP contribution is 2.25. The number of rotatable bonds is 10. The molecule has 0 fully saturated rings. The van der Waals surface area contributed by atoms with Crippen LogP contribution in [0, 0.1) is 0 Å². The van der Waals surface area contributed by atoms with Crippen LogP contribution in [0.1, 0.15) is 75.8 Å². The van der Waals surface area contributed by atoms with Gasteiger partial charge in [-0.05, 0) is 23.5 Å². The lowest BCUT2D eigenvalue weighted by molar-refractivity contribution is -0.136. The van der Waals surface area contributed by atoms with Crippen molar-refractivity contribution in [1.29, 1.82) is 0 Å². The second-order valence-electron chi connectivity index (χ2n) is 5.73. The van der Waals surface area contributed by atoms with E-state index < -0.39 is 5.97 Å². The monoisotopic (exact) mass is 276 g/mol. The maximum Gasteiger partial charge on any atom is 0.307 e. The molecule has 0 spiro atoms. The molecule has 0 aliphatic carbocycles. The molecule has 20 heavy (non-hydrogen) atoms. The van der Waals surface area contributed by atoms with Crippen LogP contribution in [0.15, 0.2) is 24.3 Å². The lowest BCUT2D eigenvalue weighted by Crippen LogP contribution is -2.05. The van der Waals surface area contributed by atoms with E-state index in [0.29, 0.717) is 5.92 Å². The Bertz CT molecular complexity index is 398. The third kappa shape index (κ3) is 6.23. The van der Waals surface area contributed by atoms with Crippen LogP contribution in [0.4, 0.5) is 0 Å². The summed E-state index contributed by atoms with van der Waals surface area (Å²) in [7, 11) is 0. The molecule has 0 aliphatic rings. The van der Waals surface area contributed by atoms with E-state index in [2.05, 4.69) is 19.9 Å². The molecule has 1 aromatic rings. The second-order valence-corrected chi connectivity index (χ2v) is 5.73. The molecular formula is C18H28O2. The average Bonchev–Trinajstić information content (AvgIpc) is 2.42. The summed E-state index contributed by atoms with van der Waals surface area (Å²) >= 11 is 0. The number of carbonyl (C=O) groups is 1. The SMILES string of the molecule is CCCCCCCC[C@@H](C)c1ccccc1CC(=O)O. The highest BCUT2D eigenvalue weighted by molar-refractivity contribution is 5.70. The lowest BCUT2D eigenvalue weighted by atomic mass is 9.90. The van der Waals surface area contributed by atoms with E-state index in [0.717, 1.165) is 12.0 Å². The normalized spacial score (nSPS) is 12.3. The van der Waals surface area contributed by atoms with E-state index >= 15 is 0 Å². The van der Waals surface area contributed by atoms with E-state index in [9.17, 15) is 4.79 Å². The summed E-state index contributed by atoms with van der Waals surface area (Å²) < 4.78 is 0. The van der Waals surface area contributed by atoms with Crippen molar-refractivity contribution < 1.29 is 9.90 Å². The van der Waals surface area contributed by atoms with Gasteiger partial charge in [-0.15, -0.1) is 0 Å². The van der Waals surface area contributed by atoms with Crippen LogP contribution < -0.4 is 0 Å². The zero-order valence-corrected chi connectivity index (χ0v) is 12.9. The Hall–Kier alpha value is -1.31. The molecule has 0 amide bonds. The van der Waals surface area contributed by atoms with Gasteiger partial charge in [-0.2, -0.15) is 0 Å². The zero-order valence-electron chi connectivity index (χ0n) is 12.9. The Kier molecular flexibility index (Phi) is 8.01. The minimum absolute atomic E-state index is 0.136. The van der Waals surface area contributed by atoms with Crippen molar-refractivity contribution in [3.05, 3.63) is 35.4 Å². The van der Waals surface area contributed by atoms with Gasteiger partial charge in [0.15, 0.2) is 0 Å². The van der Waals surface area contributed by atoms with E-state index in [4.69, 9.17) is 5.11 Å². The standard InChI is InChI=1S/C18H28O2/c1-3-4-5-6-7-8-11-15(2)17-13-10-9-12-16(17)14-18(19)20/h9-10,12-13,15H,3-8,11,14H2,1-2H3,(H,19,20)/t15-/m1/s1. The van der Waals surface area contributed by atoms with Crippen molar-refractivity contribution in [3.8, 4) is 0 Å². The first-order chi connectivity index (χ1) is 9.65. The summed E-state index contributed by atoms with van der Waals surface area (Å²) in [4.78, 5) is 10.9. The van der Waals surface area contributed by atoms with Crippen molar-refractivity contribution in [2.24, 2.45) is 0 Å². The molecule has 0 bridgehead atoms. The number of hydrogen-bond acceptors (Lipinski definition) is 1. The van der Waals surface area contributed by atoms with Crippen LogP contribution in [0.25, 0.3) is 0 Å². The Morgan fingerprint density at radius 2 is 1.75 bits per heavy atom. The first-order valence-corrected chi connectivity index (χ1v) is 7.94. The molecule has 0 aliphatic heterocycles. The highest BCUT2D eigenvalue weighted by atomic mass is 16.4. The van der Waals surface area contributed by atoms with Gasteiger partial charge >= 0.3 is 5.97 Å². The van der Waals surface area contributed by atoms with Gasteiger partial charge in [-0.25, -0.2) is 0 Å². The number of unbranched alkanes of at least 4 members (excludes halogenated alkanes) is 5. The fourth-order valence-corrected chi connectivity index (χ4v) is 2.73. The fourth-order valence-electron chi connectivity index (χ4n) is 2.73. The Morgan fingerprint density at radius 3 is 2.45 bits per heavy atom. The number of hydrogen-bond donors (Lipinski definition) is 1. The molecule has 2 nitrogen and oxygen atoms in total. The van der Waals surface area contributed by atoms with Crippen LogP contribution >= 0.6 is 0 Å². The van der Waals surface area contributed by atoms with Crippen LogP contribution in [0.3, 0.4) is 0 Å². The summed E-state index contributed by atoms with van der Waals surface area (Å²) in [5.41, 5.74) is 2.18. The van der Waals surface area contributed by atoms with Gasteiger partial charge in [-0.3, -0.25) is 4.79 Å². The van der Waals surface area contributed by atoms with Gasteiger partial charge in [0.05, 0.1) is 6.42 Å². The molecule has 0 heterocycles. The number of carboxylic acids is 1. The third-order valence-electron chi connectivity index (χ3n) is 3.92. The van der Waals surface area contributed by atoms with E-state index in [1.807, 2.05) is 18.2 Å². The zero-order chi connectivity index (χ0) is 14.8. The van der Waals surface area contributed by atoms with Crippen LogP contribution in [0.5, 0.6) is 0 Å². The minimum atomic E-state index is -0.746. The summed E-state index contributed by atoms with van der Waals surface area (Å²) in [6, 6.07) is 7.97. The predicted octanol–water partition coefficient (Wildman–Crippen LogP) is 5.17. The van der Waals surface area contributed by atoms with Crippen LogP contribution in [-0.2, 0) is 11.2 Å². The molecule has 0 saturated heterocycles.